The summed E-state index contributed by atoms with van der Waals surface area (Å²) in [6, 6.07) is 7.30. The Hall–Kier alpha value is -2.08. The number of ether oxygens (including phenoxy) is 1. The number of benzene rings is 1. The molecule has 0 saturated heterocycles. The predicted molar refractivity (Wildman–Crippen MR) is 89.9 cm³/mol. The van der Waals surface area contributed by atoms with Gasteiger partial charge in [0.15, 0.2) is 0 Å². The highest BCUT2D eigenvalue weighted by molar-refractivity contribution is 9.10. The molecule has 0 bridgehead atoms. The van der Waals surface area contributed by atoms with Crippen LogP contribution in [-0.2, 0) is 11.8 Å². The molecule has 1 aromatic carbocycles. The van der Waals surface area contributed by atoms with Crippen LogP contribution < -0.4 is 11.3 Å². The van der Waals surface area contributed by atoms with Crippen LogP contribution in [0.2, 0.25) is 0 Å². The van der Waals surface area contributed by atoms with Crippen LogP contribution in [0.3, 0.4) is 0 Å². The van der Waals surface area contributed by atoms with Crippen molar-refractivity contribution in [1.82, 2.24) is 4.57 Å². The molecule has 0 radical (unpaired) electrons. The molecule has 22 heavy (non-hydrogen) atoms. The summed E-state index contributed by atoms with van der Waals surface area (Å²) in [5.41, 5.74) is 7.64. The van der Waals surface area contributed by atoms with Gasteiger partial charge in [0.05, 0.1) is 12.2 Å². The first-order chi connectivity index (χ1) is 10.4. The molecule has 0 aliphatic heterocycles. The summed E-state index contributed by atoms with van der Waals surface area (Å²) in [7, 11) is 1.58. The van der Waals surface area contributed by atoms with Gasteiger partial charge in [-0.15, -0.1) is 0 Å². The van der Waals surface area contributed by atoms with Gasteiger partial charge >= 0.3 is 5.97 Å². The van der Waals surface area contributed by atoms with E-state index in [1.54, 1.807) is 27.0 Å². The molecule has 0 saturated carbocycles. The van der Waals surface area contributed by atoms with E-state index in [-0.39, 0.29) is 17.9 Å². The molecule has 1 heterocycles. The first kappa shape index (κ1) is 16.3. The highest BCUT2D eigenvalue weighted by atomic mass is 79.9. The number of rotatable bonds is 3. The predicted octanol–water partition coefficient (Wildman–Crippen LogP) is 2.88. The standard InChI is InChI=1S/C16H17BrN2O3/c1-4-22-16(21)12-9(2)19(3)15(20)14(18)13(12)10-7-5-6-8-11(10)17/h5-8H,4,18H2,1-3H3. The van der Waals surface area contributed by atoms with Gasteiger partial charge < -0.3 is 15.0 Å². The summed E-state index contributed by atoms with van der Waals surface area (Å²) < 4.78 is 7.25. The lowest BCUT2D eigenvalue weighted by Crippen LogP contribution is -2.27. The molecule has 0 unspecified atom stereocenters. The number of aromatic nitrogens is 1. The second-order valence-corrected chi connectivity index (χ2v) is 5.67. The largest absolute Gasteiger partial charge is 0.462 e. The van der Waals surface area contributed by atoms with Gasteiger partial charge in [-0.25, -0.2) is 4.79 Å². The fourth-order valence-corrected chi connectivity index (χ4v) is 2.80. The topological polar surface area (TPSA) is 74.3 Å². The maximum absolute atomic E-state index is 12.4. The fourth-order valence-electron chi connectivity index (χ4n) is 2.32. The Morgan fingerprint density at radius 3 is 2.59 bits per heavy atom. The molecular formula is C16H17BrN2O3. The van der Waals surface area contributed by atoms with Crippen LogP contribution in [-0.4, -0.2) is 17.1 Å². The average Bonchev–Trinajstić information content (AvgIpc) is 2.49. The van der Waals surface area contributed by atoms with E-state index < -0.39 is 5.97 Å². The van der Waals surface area contributed by atoms with E-state index in [1.807, 2.05) is 18.2 Å². The molecule has 6 heteroatoms. The van der Waals surface area contributed by atoms with Gasteiger partial charge in [0.2, 0.25) is 0 Å². The summed E-state index contributed by atoms with van der Waals surface area (Å²) in [4.78, 5) is 24.7. The maximum Gasteiger partial charge on any atom is 0.340 e. The monoisotopic (exact) mass is 364 g/mol. The Kier molecular flexibility index (Phi) is 4.71. The van der Waals surface area contributed by atoms with Crippen LogP contribution >= 0.6 is 15.9 Å². The summed E-state index contributed by atoms with van der Waals surface area (Å²) in [5.74, 6) is -0.493. The molecule has 2 aromatic rings. The Balaban J connectivity index is 2.91. The lowest BCUT2D eigenvalue weighted by atomic mass is 9.97. The number of nitrogens with two attached hydrogens (primary N) is 1. The summed E-state index contributed by atoms with van der Waals surface area (Å²) in [6.07, 6.45) is 0. The van der Waals surface area contributed by atoms with Gasteiger partial charge in [-0.1, -0.05) is 34.1 Å². The average molecular weight is 365 g/mol. The SMILES string of the molecule is CCOC(=O)c1c(-c2ccccc2Br)c(N)c(=O)n(C)c1C. The zero-order valence-electron chi connectivity index (χ0n) is 12.6. The van der Waals surface area contributed by atoms with E-state index in [2.05, 4.69) is 15.9 Å². The number of hydrogen-bond acceptors (Lipinski definition) is 4. The van der Waals surface area contributed by atoms with Crippen molar-refractivity contribution < 1.29 is 9.53 Å². The van der Waals surface area contributed by atoms with E-state index in [4.69, 9.17) is 10.5 Å². The van der Waals surface area contributed by atoms with E-state index in [0.717, 1.165) is 4.47 Å². The number of carbonyl (C=O) groups is 1. The Morgan fingerprint density at radius 1 is 1.36 bits per heavy atom. The Morgan fingerprint density at radius 2 is 2.00 bits per heavy atom. The first-order valence-corrected chi connectivity index (χ1v) is 7.60. The smallest absolute Gasteiger partial charge is 0.340 e. The Bertz CT molecular complexity index is 797. The second-order valence-electron chi connectivity index (χ2n) is 4.81. The first-order valence-electron chi connectivity index (χ1n) is 6.81. The highest BCUT2D eigenvalue weighted by Gasteiger charge is 2.24. The van der Waals surface area contributed by atoms with Gasteiger partial charge in [0.1, 0.15) is 5.69 Å². The molecule has 5 nitrogen and oxygen atoms in total. The van der Waals surface area contributed by atoms with E-state index in [1.165, 1.54) is 4.57 Å². The van der Waals surface area contributed by atoms with Gasteiger partial charge in [0.25, 0.3) is 5.56 Å². The van der Waals surface area contributed by atoms with E-state index in [0.29, 0.717) is 22.4 Å². The minimum absolute atomic E-state index is 0.0306. The van der Waals surface area contributed by atoms with Gasteiger partial charge in [-0.2, -0.15) is 0 Å². The number of hydrogen-bond donors (Lipinski definition) is 1. The van der Waals surface area contributed by atoms with Crippen molar-refractivity contribution in [2.45, 2.75) is 13.8 Å². The molecule has 0 aliphatic carbocycles. The molecule has 2 rings (SSSR count). The van der Waals surface area contributed by atoms with Crippen LogP contribution in [0.4, 0.5) is 5.69 Å². The van der Waals surface area contributed by atoms with Crippen molar-refractivity contribution in [2.24, 2.45) is 7.05 Å². The number of nitrogens with zero attached hydrogens (tertiary/aromatic N) is 1. The third-order valence-electron chi connectivity index (χ3n) is 3.54. The minimum atomic E-state index is -0.493. The number of nitrogen functional groups attached to an aromatic ring is 1. The summed E-state index contributed by atoms with van der Waals surface area (Å²) in [5, 5.41) is 0. The molecular weight excluding hydrogens is 348 g/mol. The highest BCUT2D eigenvalue weighted by Crippen LogP contribution is 2.35. The molecule has 116 valence electrons. The minimum Gasteiger partial charge on any atom is -0.462 e. The van der Waals surface area contributed by atoms with E-state index in [9.17, 15) is 9.59 Å². The number of esters is 1. The van der Waals surface area contributed by atoms with Crippen molar-refractivity contribution in [3.8, 4) is 11.1 Å². The third kappa shape index (κ3) is 2.66. The third-order valence-corrected chi connectivity index (χ3v) is 4.23. The van der Waals surface area contributed by atoms with Gasteiger partial charge in [-0.3, -0.25) is 4.79 Å². The number of anilines is 1. The molecule has 0 fully saturated rings. The number of pyridine rings is 1. The van der Waals surface area contributed by atoms with Crippen LogP contribution in [0.15, 0.2) is 33.5 Å². The van der Waals surface area contributed by atoms with Crippen molar-refractivity contribution in [1.29, 1.82) is 0 Å². The van der Waals surface area contributed by atoms with Crippen molar-refractivity contribution in [3.63, 3.8) is 0 Å². The molecule has 0 amide bonds. The molecule has 0 spiro atoms. The zero-order chi connectivity index (χ0) is 16.4. The normalized spacial score (nSPS) is 10.5. The van der Waals surface area contributed by atoms with Gasteiger partial charge in [0, 0.05) is 22.8 Å². The second kappa shape index (κ2) is 6.36. The molecule has 2 N–H and O–H groups in total. The number of carbonyl (C=O) groups excluding carboxylic acids is 1. The summed E-state index contributed by atoms with van der Waals surface area (Å²) in [6.45, 7) is 3.68. The maximum atomic E-state index is 12.4. The van der Waals surface area contributed by atoms with Gasteiger partial charge in [-0.05, 0) is 25.5 Å². The molecule has 0 aliphatic rings. The van der Waals surface area contributed by atoms with Crippen LogP contribution in [0.25, 0.3) is 11.1 Å². The zero-order valence-corrected chi connectivity index (χ0v) is 14.2. The van der Waals surface area contributed by atoms with Crippen molar-refractivity contribution in [2.75, 3.05) is 12.3 Å². The lowest BCUT2D eigenvalue weighted by Gasteiger charge is -2.18. The number of halogens is 1. The molecule has 1 aromatic heterocycles. The van der Waals surface area contributed by atoms with Crippen LogP contribution in [0.5, 0.6) is 0 Å². The van der Waals surface area contributed by atoms with Crippen molar-refractivity contribution in [3.05, 3.63) is 50.3 Å². The Labute approximate surface area is 136 Å². The molecule has 0 atom stereocenters. The van der Waals surface area contributed by atoms with Crippen molar-refractivity contribution >= 4 is 27.6 Å². The fraction of sp³-hybridized carbons (Fsp3) is 0.250. The van der Waals surface area contributed by atoms with Crippen LogP contribution in [0.1, 0.15) is 23.0 Å². The summed E-state index contributed by atoms with van der Waals surface area (Å²) >= 11 is 3.44. The van der Waals surface area contributed by atoms with Crippen LogP contribution in [0, 0.1) is 6.92 Å². The lowest BCUT2D eigenvalue weighted by molar-refractivity contribution is 0.0525. The quantitative estimate of drug-likeness (QED) is 0.849. The van der Waals surface area contributed by atoms with E-state index >= 15 is 0 Å².